The number of hydrogen-bond donors (Lipinski definition) is 1. The first-order chi connectivity index (χ1) is 22.4. The molecule has 5 aromatic rings. The minimum Gasteiger partial charge on any atom is -0.665 e. The van der Waals surface area contributed by atoms with Gasteiger partial charge in [-0.05, 0) is 87.1 Å². The number of aromatic hydroxyl groups is 1. The van der Waals surface area contributed by atoms with Crippen LogP contribution in [0.2, 0.25) is 0 Å². The largest absolute Gasteiger partial charge is 0.665 e. The van der Waals surface area contributed by atoms with Crippen molar-refractivity contribution in [3.05, 3.63) is 130 Å². The third-order valence-electron chi connectivity index (χ3n) is 7.60. The van der Waals surface area contributed by atoms with Crippen LogP contribution in [0.1, 0.15) is 65.5 Å². The average Bonchev–Trinajstić information content (AvgIpc) is 3.36. The number of phenolic OH excluding ortho intramolecular Hbond substituents is 1. The molecule has 1 heterocycles. The summed E-state index contributed by atoms with van der Waals surface area (Å²) in [5, 5.41) is 12.6. The molecule has 0 aliphatic carbocycles. The van der Waals surface area contributed by atoms with Crippen molar-refractivity contribution in [1.29, 1.82) is 0 Å². The van der Waals surface area contributed by atoms with Crippen molar-refractivity contribution in [2.24, 2.45) is 5.41 Å². The van der Waals surface area contributed by atoms with E-state index in [9.17, 15) is 8.50 Å². The van der Waals surface area contributed by atoms with Crippen molar-refractivity contribution in [3.63, 3.8) is 0 Å². The van der Waals surface area contributed by atoms with Crippen LogP contribution < -0.4 is 10.3 Å². The number of para-hydroxylation sites is 1. The van der Waals surface area contributed by atoms with E-state index in [2.05, 4.69) is 135 Å². The van der Waals surface area contributed by atoms with Crippen LogP contribution in [0.4, 0.5) is 0 Å². The fourth-order valence-corrected chi connectivity index (χ4v) is 7.56. The van der Waals surface area contributed by atoms with Crippen molar-refractivity contribution < 1.29 is 26.6 Å². The summed E-state index contributed by atoms with van der Waals surface area (Å²) >= 11 is -1.27. The van der Waals surface area contributed by atoms with Gasteiger partial charge in [0.05, 0.1) is 18.6 Å². The molecule has 0 fully saturated rings. The fraction of sp³-hybridized carbons (Fsp3) is 0.326. The second-order valence-electron chi connectivity index (χ2n) is 13.9. The van der Waals surface area contributed by atoms with Crippen LogP contribution in [-0.4, -0.2) is 22.8 Å². The summed E-state index contributed by atoms with van der Waals surface area (Å²) < 4.78 is 12.0. The summed E-state index contributed by atoms with van der Waals surface area (Å²) in [6.45, 7) is 27.5. The Morgan fingerprint density at radius 1 is 0.625 bits per heavy atom. The topological polar surface area (TPSA) is 51.4 Å². The third kappa shape index (κ3) is 13.0. The SMILES string of the molecule is CC(C)(C)[CH]=[W]=[O].C[PH+](C)c1ccccc1.Cc1cc(C)c(-c2cccc(-c3c(C)cc(C)cc3C)c2O)c(C)c1.Cc1ccc(C)[n-]1. The molecule has 5 rings (SSSR count). The van der Waals surface area contributed by atoms with Gasteiger partial charge < -0.3 is 10.1 Å². The van der Waals surface area contributed by atoms with Gasteiger partial charge in [0, 0.05) is 19.0 Å². The van der Waals surface area contributed by atoms with Crippen molar-refractivity contribution in [2.75, 3.05) is 13.3 Å². The third-order valence-corrected chi connectivity index (χ3v) is 12.0. The van der Waals surface area contributed by atoms with E-state index < -0.39 is 18.1 Å². The van der Waals surface area contributed by atoms with Gasteiger partial charge in [-0.3, -0.25) is 0 Å². The van der Waals surface area contributed by atoms with Gasteiger partial charge in [-0.25, -0.2) is 0 Å². The van der Waals surface area contributed by atoms with E-state index >= 15 is 0 Å². The molecule has 0 saturated carbocycles. The standard InChI is InChI=1S/C24H26O.C8H11P.C6H8N.C5H10.O.W/c1-14-10-16(3)22(17(4)11-14)20-8-7-9-21(24(20)25)23-18(5)12-15(2)13-19(23)6;1-9(2)8-6-4-3-5-7-8;1-5-3-4-6(2)7-5;1-5(2,3)4;;/h7-13,25H,1-6H3;3-7H,1-2H3;3-4H,1-2H3;1H,2-4H3;;/q;;-1;;;/p+1. The molecule has 4 aromatic carbocycles. The van der Waals surface area contributed by atoms with Gasteiger partial charge in [0.15, 0.2) is 0 Å². The van der Waals surface area contributed by atoms with Crippen LogP contribution in [0.15, 0.2) is 84.9 Å². The summed E-state index contributed by atoms with van der Waals surface area (Å²) in [4.78, 5) is 4.11. The number of benzene rings is 4. The zero-order valence-corrected chi connectivity index (χ0v) is 35.3. The molecule has 0 amide bonds. The number of aryl methyl sites for hydroxylation is 8. The van der Waals surface area contributed by atoms with Gasteiger partial charge >= 0.3 is 52.0 Å². The van der Waals surface area contributed by atoms with E-state index in [1.807, 2.05) is 48.6 Å². The summed E-state index contributed by atoms with van der Waals surface area (Å²) in [5.41, 5.74) is 13.8. The Labute approximate surface area is 300 Å². The Balaban J connectivity index is 0.000000281. The van der Waals surface area contributed by atoms with E-state index in [1.165, 1.54) is 38.7 Å². The first kappa shape index (κ1) is 40.9. The van der Waals surface area contributed by atoms with E-state index in [4.69, 9.17) is 0 Å². The first-order valence-electron chi connectivity index (χ1n) is 16.5. The molecule has 48 heavy (non-hydrogen) atoms. The smallest absolute Gasteiger partial charge is 0.131 e. The number of aromatic nitrogens is 1. The van der Waals surface area contributed by atoms with Crippen molar-refractivity contribution >= 4 is 17.6 Å². The molecule has 0 spiro atoms. The molecule has 0 saturated heterocycles. The minimum absolute atomic E-state index is 0.187. The molecule has 0 radical (unpaired) electrons. The quantitative estimate of drug-likeness (QED) is 0.184. The van der Waals surface area contributed by atoms with Crippen LogP contribution in [0.3, 0.4) is 0 Å². The van der Waals surface area contributed by atoms with Crippen molar-refractivity contribution in [2.45, 2.75) is 76.2 Å². The number of hydrogen-bond acceptors (Lipinski definition) is 2. The Hall–Kier alpha value is -3.25. The van der Waals surface area contributed by atoms with Crippen molar-refractivity contribution in [1.82, 2.24) is 4.98 Å². The minimum atomic E-state index is -1.27. The molecule has 256 valence electrons. The molecular formula is C43H56NO2PW. The fourth-order valence-electron chi connectivity index (χ4n) is 5.67. The van der Waals surface area contributed by atoms with Gasteiger partial charge in [0.1, 0.15) is 5.75 Å². The van der Waals surface area contributed by atoms with Gasteiger partial charge in [0.25, 0.3) is 0 Å². The van der Waals surface area contributed by atoms with Crippen LogP contribution in [0.25, 0.3) is 22.3 Å². The maximum Gasteiger partial charge on any atom is 0.131 e. The van der Waals surface area contributed by atoms with Crippen LogP contribution in [0, 0.1) is 60.8 Å². The number of phenols is 1. The zero-order valence-electron chi connectivity index (χ0n) is 31.4. The van der Waals surface area contributed by atoms with Gasteiger partial charge in [-0.1, -0.05) is 97.8 Å². The van der Waals surface area contributed by atoms with Gasteiger partial charge in [0.2, 0.25) is 0 Å². The maximum absolute atomic E-state index is 11.1. The first-order valence-corrected chi connectivity index (χ1v) is 21.9. The summed E-state index contributed by atoms with van der Waals surface area (Å²) in [6, 6.07) is 29.5. The molecule has 0 aliphatic rings. The van der Waals surface area contributed by atoms with E-state index in [-0.39, 0.29) is 13.3 Å². The summed E-state index contributed by atoms with van der Waals surface area (Å²) in [7, 11) is -0.212. The molecule has 1 N–H and O–H groups in total. The maximum atomic E-state index is 11.1. The predicted octanol–water partition coefficient (Wildman–Crippen LogP) is 10.9. The molecule has 3 nitrogen and oxygen atoms in total. The van der Waals surface area contributed by atoms with E-state index in [1.54, 1.807) is 0 Å². The molecule has 0 atom stereocenters. The monoisotopic (exact) mass is 833 g/mol. The van der Waals surface area contributed by atoms with Gasteiger partial charge in [-0.15, -0.1) is 0 Å². The summed E-state index contributed by atoms with van der Waals surface area (Å²) in [6.07, 6.45) is 0. The number of nitrogens with zero attached hydrogens (tertiary/aromatic N) is 1. The van der Waals surface area contributed by atoms with Crippen molar-refractivity contribution in [3.8, 4) is 28.0 Å². The Kier molecular flexibility index (Phi) is 16.3. The normalized spacial score (nSPS) is 10.5. The molecule has 5 heteroatoms. The second kappa shape index (κ2) is 19.1. The van der Waals surface area contributed by atoms with E-state index in [0.717, 1.165) is 33.6 Å². The van der Waals surface area contributed by atoms with Crippen LogP contribution in [0.5, 0.6) is 5.75 Å². The number of rotatable bonds is 3. The molecule has 0 unspecified atom stereocenters. The molecule has 0 bridgehead atoms. The Bertz CT molecular complexity index is 1690. The Morgan fingerprint density at radius 2 is 1.02 bits per heavy atom. The molecule has 0 aliphatic heterocycles. The Morgan fingerprint density at radius 3 is 1.27 bits per heavy atom. The van der Waals surface area contributed by atoms with Gasteiger partial charge in [-0.2, -0.15) is 11.4 Å². The van der Waals surface area contributed by atoms with Crippen LogP contribution >= 0.6 is 7.92 Å². The van der Waals surface area contributed by atoms with E-state index in [0.29, 0.717) is 5.75 Å². The second-order valence-corrected chi connectivity index (χ2v) is 18.0. The molecular weight excluding hydrogens is 777 g/mol. The molecule has 1 aromatic heterocycles. The predicted molar refractivity (Wildman–Crippen MR) is 209 cm³/mol. The summed E-state index contributed by atoms with van der Waals surface area (Å²) in [5.74, 6) is 0.368. The zero-order chi connectivity index (χ0) is 36.2. The van der Waals surface area contributed by atoms with Crippen LogP contribution in [-0.2, 0) is 21.5 Å². The average molecular weight is 834 g/mol.